The standard InChI is InChI=1S/C39H56ClN5O8/c1-7-12-27(33(47)36(49)41-24-15-16-24)42-35(48)29-21-39(20-28(44-53-39)25-18-26(40)31(52-6)19-30(25)51-5)22-45(29)37(50)34(38(2,3)4)43-32(46)17-23-13-10-8-9-11-14-23/h18-19,23-24,27,29,34H,7-17,20-22H2,1-6H3,(H,41,49)(H,42,48)(H,43,46)/t27-,29-,34+,39+/m0/s1. The van der Waals surface area contributed by atoms with Gasteiger partial charge in [-0.25, -0.2) is 0 Å². The molecule has 292 valence electrons. The molecule has 2 aliphatic carbocycles. The normalized spacial score (nSPS) is 23.0. The van der Waals surface area contributed by atoms with Crippen molar-refractivity contribution in [1.29, 1.82) is 0 Å². The van der Waals surface area contributed by atoms with Crippen molar-refractivity contribution >= 4 is 46.7 Å². The number of carbonyl (C=O) groups is 5. The molecule has 2 saturated carbocycles. The molecular weight excluding hydrogens is 702 g/mol. The maximum Gasteiger partial charge on any atom is 0.289 e. The van der Waals surface area contributed by atoms with Gasteiger partial charge in [0.2, 0.25) is 23.5 Å². The van der Waals surface area contributed by atoms with Gasteiger partial charge in [0.25, 0.3) is 5.91 Å². The van der Waals surface area contributed by atoms with E-state index < -0.39 is 52.6 Å². The Morgan fingerprint density at radius 2 is 1.68 bits per heavy atom. The third kappa shape index (κ3) is 9.82. The van der Waals surface area contributed by atoms with Gasteiger partial charge in [0.05, 0.1) is 37.5 Å². The van der Waals surface area contributed by atoms with Crippen molar-refractivity contribution in [3.63, 3.8) is 0 Å². The van der Waals surface area contributed by atoms with Gasteiger partial charge in [-0.3, -0.25) is 24.0 Å². The van der Waals surface area contributed by atoms with E-state index in [1.54, 1.807) is 12.1 Å². The number of methoxy groups -OCH3 is 2. The smallest absolute Gasteiger partial charge is 0.289 e. The monoisotopic (exact) mass is 757 g/mol. The first-order valence-corrected chi connectivity index (χ1v) is 19.5. The van der Waals surface area contributed by atoms with Gasteiger partial charge in [-0.1, -0.05) is 76.6 Å². The van der Waals surface area contributed by atoms with Crippen molar-refractivity contribution in [2.45, 2.75) is 141 Å². The number of hydrogen-bond donors (Lipinski definition) is 3. The Morgan fingerprint density at radius 1 is 1.00 bits per heavy atom. The van der Waals surface area contributed by atoms with E-state index in [0.717, 1.165) is 38.5 Å². The third-order valence-electron chi connectivity index (χ3n) is 10.8. The van der Waals surface area contributed by atoms with Crippen LogP contribution in [0.15, 0.2) is 17.3 Å². The van der Waals surface area contributed by atoms with Crippen LogP contribution in [0.2, 0.25) is 5.02 Å². The predicted octanol–water partition coefficient (Wildman–Crippen LogP) is 4.85. The van der Waals surface area contributed by atoms with Crippen LogP contribution in [0.25, 0.3) is 0 Å². The molecule has 0 radical (unpaired) electrons. The number of Topliss-reactive ketones (excluding diaryl/α,β-unsaturated/α-hetero) is 1. The second-order valence-corrected chi connectivity index (χ2v) is 16.7. The number of halogens is 1. The van der Waals surface area contributed by atoms with Crippen LogP contribution in [0.4, 0.5) is 0 Å². The topological polar surface area (TPSA) is 165 Å². The SMILES string of the molecule is CCC[C@H](NC(=O)[C@@H]1C[C@]2(CC(c3cc(Cl)c(OC)cc3OC)=NO2)CN1C(=O)[C@@H](NC(=O)CC1CCCCCC1)C(C)(C)C)C(=O)C(=O)NC1CC1. The van der Waals surface area contributed by atoms with Gasteiger partial charge < -0.3 is 35.2 Å². The van der Waals surface area contributed by atoms with Gasteiger partial charge in [0, 0.05) is 36.9 Å². The van der Waals surface area contributed by atoms with Crippen LogP contribution in [-0.4, -0.2) is 90.6 Å². The van der Waals surface area contributed by atoms with Crippen LogP contribution in [0.1, 0.15) is 117 Å². The maximum absolute atomic E-state index is 14.7. The highest BCUT2D eigenvalue weighted by Crippen LogP contribution is 2.42. The lowest BCUT2D eigenvalue weighted by Crippen LogP contribution is -2.59. The molecule has 3 fully saturated rings. The van der Waals surface area contributed by atoms with Gasteiger partial charge in [0.15, 0.2) is 5.60 Å². The van der Waals surface area contributed by atoms with Crippen LogP contribution in [0.5, 0.6) is 11.5 Å². The Morgan fingerprint density at radius 3 is 2.28 bits per heavy atom. The summed E-state index contributed by atoms with van der Waals surface area (Å²) in [4.78, 5) is 76.2. The number of nitrogens with one attached hydrogen (secondary N) is 3. The minimum atomic E-state index is -1.11. The van der Waals surface area contributed by atoms with E-state index in [2.05, 4.69) is 21.1 Å². The van der Waals surface area contributed by atoms with Crippen LogP contribution in [-0.2, 0) is 28.8 Å². The van der Waals surface area contributed by atoms with Crippen LogP contribution < -0.4 is 25.4 Å². The fourth-order valence-corrected chi connectivity index (χ4v) is 7.93. The average Bonchev–Trinajstić information content (AvgIpc) is 3.80. The van der Waals surface area contributed by atoms with E-state index in [1.807, 2.05) is 27.7 Å². The molecule has 0 unspecified atom stereocenters. The summed E-state index contributed by atoms with van der Waals surface area (Å²) in [5.41, 5.74) is -0.723. The van der Waals surface area contributed by atoms with Crippen LogP contribution in [0, 0.1) is 11.3 Å². The van der Waals surface area contributed by atoms with Gasteiger partial charge in [-0.15, -0.1) is 0 Å². The van der Waals surface area contributed by atoms with Gasteiger partial charge >= 0.3 is 0 Å². The number of likely N-dealkylation sites (tertiary alicyclic amines) is 1. The van der Waals surface area contributed by atoms with E-state index in [9.17, 15) is 24.0 Å². The Labute approximate surface area is 317 Å². The van der Waals surface area contributed by atoms with Crippen molar-refractivity contribution in [1.82, 2.24) is 20.9 Å². The maximum atomic E-state index is 14.7. The zero-order chi connectivity index (χ0) is 38.5. The molecule has 5 rings (SSSR count). The number of ketones is 1. The number of ether oxygens (including phenoxy) is 2. The number of hydrogen-bond acceptors (Lipinski definition) is 9. The fourth-order valence-electron chi connectivity index (χ4n) is 7.69. The first kappa shape index (κ1) is 40.3. The average molecular weight is 758 g/mol. The van der Waals surface area contributed by atoms with Crippen molar-refractivity contribution in [2.24, 2.45) is 16.5 Å². The van der Waals surface area contributed by atoms with Crippen molar-refractivity contribution < 1.29 is 38.3 Å². The van der Waals surface area contributed by atoms with Gasteiger partial charge in [-0.2, -0.15) is 0 Å². The fraction of sp³-hybridized carbons (Fsp3) is 0.692. The van der Waals surface area contributed by atoms with E-state index in [1.165, 1.54) is 32.0 Å². The lowest BCUT2D eigenvalue weighted by Gasteiger charge is -2.36. The molecule has 1 aromatic carbocycles. The highest BCUT2D eigenvalue weighted by atomic mass is 35.5. The molecule has 4 aliphatic rings. The minimum Gasteiger partial charge on any atom is -0.496 e. The Kier molecular flexibility index (Phi) is 13.0. The van der Waals surface area contributed by atoms with Crippen LogP contribution in [0.3, 0.4) is 0 Å². The van der Waals surface area contributed by atoms with Crippen molar-refractivity contribution in [3.8, 4) is 11.5 Å². The lowest BCUT2D eigenvalue weighted by molar-refractivity contribution is -0.145. The number of rotatable bonds is 14. The second-order valence-electron chi connectivity index (χ2n) is 16.3. The summed E-state index contributed by atoms with van der Waals surface area (Å²) in [6.07, 6.45) is 9.52. The first-order chi connectivity index (χ1) is 25.2. The zero-order valence-corrected chi connectivity index (χ0v) is 32.7. The van der Waals surface area contributed by atoms with E-state index in [0.29, 0.717) is 40.6 Å². The predicted molar refractivity (Wildman–Crippen MR) is 200 cm³/mol. The minimum absolute atomic E-state index is 0.0112. The highest BCUT2D eigenvalue weighted by Gasteiger charge is 2.56. The molecule has 1 saturated heterocycles. The summed E-state index contributed by atoms with van der Waals surface area (Å²) in [5, 5.41) is 13.3. The molecule has 14 heteroatoms. The Bertz CT molecular complexity index is 1580. The summed E-state index contributed by atoms with van der Waals surface area (Å²) in [6.45, 7) is 7.49. The van der Waals surface area contributed by atoms with E-state index in [4.69, 9.17) is 25.9 Å². The third-order valence-corrected chi connectivity index (χ3v) is 11.1. The highest BCUT2D eigenvalue weighted by molar-refractivity contribution is 6.38. The number of amides is 4. The summed E-state index contributed by atoms with van der Waals surface area (Å²) in [5.74, 6) is -1.51. The molecular formula is C39H56ClN5O8. The molecule has 4 amide bonds. The van der Waals surface area contributed by atoms with Gasteiger partial charge in [-0.05, 0) is 49.5 Å². The lowest BCUT2D eigenvalue weighted by atomic mass is 9.85. The molecule has 0 bridgehead atoms. The summed E-state index contributed by atoms with van der Waals surface area (Å²) >= 11 is 6.49. The van der Waals surface area contributed by atoms with Crippen LogP contribution >= 0.6 is 11.6 Å². The summed E-state index contributed by atoms with van der Waals surface area (Å²) < 4.78 is 11.0. The number of nitrogens with zero attached hydrogens (tertiary/aromatic N) is 2. The van der Waals surface area contributed by atoms with Crippen molar-refractivity contribution in [3.05, 3.63) is 22.7 Å². The number of oxime groups is 1. The number of carbonyl (C=O) groups excluding carboxylic acids is 5. The molecule has 53 heavy (non-hydrogen) atoms. The van der Waals surface area contributed by atoms with Crippen molar-refractivity contribution in [2.75, 3.05) is 20.8 Å². The number of benzene rings is 1. The summed E-state index contributed by atoms with van der Waals surface area (Å²) in [7, 11) is 3.02. The summed E-state index contributed by atoms with van der Waals surface area (Å²) in [6, 6.07) is 0.204. The molecule has 1 spiro atoms. The molecule has 4 atom stereocenters. The molecule has 3 N–H and O–H groups in total. The molecule has 2 heterocycles. The Balaban J connectivity index is 1.41. The molecule has 2 aliphatic heterocycles. The second kappa shape index (κ2) is 17.1. The molecule has 0 aromatic heterocycles. The Hall–Kier alpha value is -3.87. The largest absolute Gasteiger partial charge is 0.496 e. The zero-order valence-electron chi connectivity index (χ0n) is 32.0. The first-order valence-electron chi connectivity index (χ1n) is 19.1. The molecule has 13 nitrogen and oxygen atoms in total. The van der Waals surface area contributed by atoms with Gasteiger partial charge in [0.1, 0.15) is 23.6 Å². The molecule has 1 aromatic rings. The van der Waals surface area contributed by atoms with E-state index >= 15 is 0 Å². The van der Waals surface area contributed by atoms with E-state index in [-0.39, 0.29) is 43.7 Å². The quantitative estimate of drug-likeness (QED) is 0.179.